The van der Waals surface area contributed by atoms with E-state index in [0.29, 0.717) is 23.9 Å². The molecule has 5 nitrogen and oxygen atoms in total. The summed E-state index contributed by atoms with van der Waals surface area (Å²) in [6.07, 6.45) is 1.67. The van der Waals surface area contributed by atoms with E-state index in [1.165, 1.54) is 4.31 Å². The van der Waals surface area contributed by atoms with Gasteiger partial charge in [0.1, 0.15) is 4.90 Å². The van der Waals surface area contributed by atoms with Crippen molar-refractivity contribution in [3.8, 4) is 0 Å². The Labute approximate surface area is 110 Å². The minimum atomic E-state index is -3.37. The van der Waals surface area contributed by atoms with Crippen molar-refractivity contribution >= 4 is 10.0 Å². The minimum Gasteiger partial charge on any atom is -0.352 e. The molecule has 0 radical (unpaired) electrons. The summed E-state index contributed by atoms with van der Waals surface area (Å²) in [7, 11) is 1.95. The second kappa shape index (κ2) is 5.86. The molecule has 1 heterocycles. The lowest BCUT2D eigenvalue weighted by atomic mass is 10.2. The third-order valence-corrected chi connectivity index (χ3v) is 4.56. The van der Waals surface area contributed by atoms with E-state index in [4.69, 9.17) is 0 Å². The zero-order chi connectivity index (χ0) is 13.9. The standard InChI is InChI=1S/C12H23N3O2S/c1-10(2)8-15(5)18(16,17)12-6-11(7-13-3)14(4)9-12/h6,9-10,13H,7-8H2,1-5H3. The van der Waals surface area contributed by atoms with Gasteiger partial charge in [0.25, 0.3) is 0 Å². The summed E-state index contributed by atoms with van der Waals surface area (Å²) in [5.74, 6) is 0.310. The zero-order valence-electron chi connectivity index (χ0n) is 11.8. The summed E-state index contributed by atoms with van der Waals surface area (Å²) < 4.78 is 27.9. The van der Waals surface area contributed by atoms with Crippen LogP contribution in [0.2, 0.25) is 0 Å². The van der Waals surface area contributed by atoms with Gasteiger partial charge < -0.3 is 9.88 Å². The SMILES string of the molecule is CNCc1cc(S(=O)(=O)N(C)CC(C)C)cn1C. The van der Waals surface area contributed by atoms with E-state index in [2.05, 4.69) is 5.32 Å². The highest BCUT2D eigenvalue weighted by Gasteiger charge is 2.23. The average Bonchev–Trinajstić information content (AvgIpc) is 2.60. The van der Waals surface area contributed by atoms with Crippen LogP contribution in [0, 0.1) is 5.92 Å². The van der Waals surface area contributed by atoms with Crippen LogP contribution in [0.1, 0.15) is 19.5 Å². The highest BCUT2D eigenvalue weighted by molar-refractivity contribution is 7.89. The first kappa shape index (κ1) is 15.2. The van der Waals surface area contributed by atoms with Gasteiger partial charge in [-0.15, -0.1) is 0 Å². The first-order chi connectivity index (χ1) is 8.28. The summed E-state index contributed by atoms with van der Waals surface area (Å²) in [6, 6.07) is 1.72. The van der Waals surface area contributed by atoms with Gasteiger partial charge in [0.2, 0.25) is 10.0 Å². The molecule has 0 fully saturated rings. The lowest BCUT2D eigenvalue weighted by Gasteiger charge is -2.18. The van der Waals surface area contributed by atoms with Crippen LogP contribution in [0.4, 0.5) is 0 Å². The van der Waals surface area contributed by atoms with Crippen molar-refractivity contribution in [2.24, 2.45) is 13.0 Å². The van der Waals surface area contributed by atoms with E-state index in [0.717, 1.165) is 5.69 Å². The maximum absolute atomic E-state index is 12.3. The van der Waals surface area contributed by atoms with Crippen LogP contribution in [0.3, 0.4) is 0 Å². The van der Waals surface area contributed by atoms with Gasteiger partial charge in [-0.3, -0.25) is 0 Å². The number of rotatable bonds is 6. The Kier molecular flexibility index (Phi) is 4.95. The number of nitrogens with one attached hydrogen (secondary N) is 1. The van der Waals surface area contributed by atoms with Crippen molar-refractivity contribution in [1.29, 1.82) is 0 Å². The van der Waals surface area contributed by atoms with Crippen LogP contribution >= 0.6 is 0 Å². The van der Waals surface area contributed by atoms with Crippen LogP contribution in [-0.2, 0) is 23.6 Å². The van der Waals surface area contributed by atoms with E-state index in [1.54, 1.807) is 19.3 Å². The van der Waals surface area contributed by atoms with E-state index >= 15 is 0 Å². The highest BCUT2D eigenvalue weighted by atomic mass is 32.2. The molecule has 0 unspecified atom stereocenters. The quantitative estimate of drug-likeness (QED) is 0.842. The van der Waals surface area contributed by atoms with Crippen LogP contribution < -0.4 is 5.32 Å². The summed E-state index contributed by atoms with van der Waals surface area (Å²) in [5, 5.41) is 3.02. The van der Waals surface area contributed by atoms with Gasteiger partial charge >= 0.3 is 0 Å². The molecule has 0 saturated heterocycles. The molecule has 0 spiro atoms. The van der Waals surface area contributed by atoms with E-state index in [9.17, 15) is 8.42 Å². The molecule has 0 atom stereocenters. The van der Waals surface area contributed by atoms with Crippen LogP contribution in [0.25, 0.3) is 0 Å². The van der Waals surface area contributed by atoms with Crippen molar-refractivity contribution in [3.05, 3.63) is 18.0 Å². The smallest absolute Gasteiger partial charge is 0.244 e. The van der Waals surface area contributed by atoms with Gasteiger partial charge in [0, 0.05) is 39.1 Å². The summed E-state index contributed by atoms with van der Waals surface area (Å²) in [6.45, 7) is 5.19. The fraction of sp³-hybridized carbons (Fsp3) is 0.667. The molecule has 18 heavy (non-hydrogen) atoms. The largest absolute Gasteiger partial charge is 0.352 e. The zero-order valence-corrected chi connectivity index (χ0v) is 12.6. The van der Waals surface area contributed by atoms with Crippen molar-refractivity contribution in [2.75, 3.05) is 20.6 Å². The molecule has 0 aliphatic carbocycles. The maximum atomic E-state index is 12.3. The Morgan fingerprint density at radius 3 is 2.56 bits per heavy atom. The van der Waals surface area contributed by atoms with Crippen LogP contribution in [0.15, 0.2) is 17.2 Å². The highest BCUT2D eigenvalue weighted by Crippen LogP contribution is 2.18. The molecular weight excluding hydrogens is 250 g/mol. The molecule has 0 bridgehead atoms. The normalized spacial score (nSPS) is 12.6. The molecule has 0 aliphatic rings. The molecular formula is C12H23N3O2S. The first-order valence-electron chi connectivity index (χ1n) is 6.05. The second-order valence-electron chi connectivity index (χ2n) is 4.99. The Balaban J connectivity index is 3.01. The third-order valence-electron chi connectivity index (χ3n) is 2.77. The Morgan fingerprint density at radius 2 is 2.06 bits per heavy atom. The Morgan fingerprint density at radius 1 is 1.44 bits per heavy atom. The van der Waals surface area contributed by atoms with Gasteiger partial charge in [-0.05, 0) is 19.0 Å². The first-order valence-corrected chi connectivity index (χ1v) is 7.49. The van der Waals surface area contributed by atoms with E-state index in [1.807, 2.05) is 32.5 Å². The number of hydrogen-bond donors (Lipinski definition) is 1. The molecule has 1 N–H and O–H groups in total. The Hall–Kier alpha value is -0.850. The fourth-order valence-corrected chi connectivity index (χ4v) is 3.30. The molecule has 0 aliphatic heterocycles. The summed E-state index contributed by atoms with van der Waals surface area (Å²) in [5.41, 5.74) is 0.953. The Bertz CT molecular complexity index is 491. The minimum absolute atomic E-state index is 0.310. The number of aromatic nitrogens is 1. The third kappa shape index (κ3) is 3.34. The summed E-state index contributed by atoms with van der Waals surface area (Å²) >= 11 is 0. The molecule has 1 rings (SSSR count). The predicted molar refractivity (Wildman–Crippen MR) is 72.8 cm³/mol. The molecule has 6 heteroatoms. The van der Waals surface area contributed by atoms with Gasteiger partial charge in [-0.1, -0.05) is 13.8 Å². The second-order valence-corrected chi connectivity index (χ2v) is 7.03. The lowest BCUT2D eigenvalue weighted by Crippen LogP contribution is -2.30. The molecule has 104 valence electrons. The van der Waals surface area contributed by atoms with E-state index in [-0.39, 0.29) is 0 Å². The molecule has 1 aromatic heterocycles. The maximum Gasteiger partial charge on any atom is 0.244 e. The lowest BCUT2D eigenvalue weighted by molar-refractivity contribution is 0.417. The van der Waals surface area contributed by atoms with Crippen LogP contribution in [0.5, 0.6) is 0 Å². The number of nitrogens with zero attached hydrogens (tertiary/aromatic N) is 2. The molecule has 0 amide bonds. The van der Waals surface area contributed by atoms with Gasteiger partial charge in [-0.25, -0.2) is 12.7 Å². The average molecular weight is 273 g/mol. The van der Waals surface area contributed by atoms with Crippen molar-refractivity contribution in [1.82, 2.24) is 14.2 Å². The van der Waals surface area contributed by atoms with Gasteiger partial charge in [0.15, 0.2) is 0 Å². The van der Waals surface area contributed by atoms with Crippen molar-refractivity contribution in [3.63, 3.8) is 0 Å². The van der Waals surface area contributed by atoms with Crippen LogP contribution in [-0.4, -0.2) is 37.9 Å². The van der Waals surface area contributed by atoms with E-state index < -0.39 is 10.0 Å². The van der Waals surface area contributed by atoms with Crippen molar-refractivity contribution in [2.45, 2.75) is 25.3 Å². The fourth-order valence-electron chi connectivity index (χ4n) is 1.87. The number of hydrogen-bond acceptors (Lipinski definition) is 3. The number of sulfonamides is 1. The number of aryl methyl sites for hydroxylation is 1. The van der Waals surface area contributed by atoms with Crippen molar-refractivity contribution < 1.29 is 8.42 Å². The molecule has 1 aromatic rings. The summed E-state index contributed by atoms with van der Waals surface area (Å²) in [4.78, 5) is 0.360. The monoisotopic (exact) mass is 273 g/mol. The predicted octanol–water partition coefficient (Wildman–Crippen LogP) is 1.02. The molecule has 0 aromatic carbocycles. The molecule has 0 saturated carbocycles. The van der Waals surface area contributed by atoms with Gasteiger partial charge in [-0.2, -0.15) is 0 Å². The topological polar surface area (TPSA) is 54.3 Å². The van der Waals surface area contributed by atoms with Gasteiger partial charge in [0.05, 0.1) is 0 Å².